The summed E-state index contributed by atoms with van der Waals surface area (Å²) in [7, 11) is 0. The molecule has 0 aliphatic carbocycles. The zero-order valence-corrected chi connectivity index (χ0v) is 10.9. The largest absolute Gasteiger partial charge is 0.356 e. The van der Waals surface area contributed by atoms with Gasteiger partial charge in [0.05, 0.1) is 5.69 Å². The maximum Gasteiger partial charge on any atom is 0.0630 e. The molecule has 0 radical (unpaired) electrons. The van der Waals surface area contributed by atoms with Crippen LogP contribution in [0.3, 0.4) is 0 Å². The fourth-order valence-electron chi connectivity index (χ4n) is 1.61. The first-order chi connectivity index (χ1) is 8.78. The summed E-state index contributed by atoms with van der Waals surface area (Å²) in [5.74, 6) is 0. The van der Waals surface area contributed by atoms with Crippen LogP contribution in [0.5, 0.6) is 0 Å². The van der Waals surface area contributed by atoms with Gasteiger partial charge in [-0.2, -0.15) is 0 Å². The smallest absolute Gasteiger partial charge is 0.0630 e. The van der Waals surface area contributed by atoms with Gasteiger partial charge in [-0.3, -0.25) is 4.99 Å². The molecule has 0 amide bonds. The second-order valence-electron chi connectivity index (χ2n) is 4.24. The van der Waals surface area contributed by atoms with Crippen LogP contribution in [0.15, 0.2) is 59.6 Å². The Morgan fingerprint density at radius 2 is 1.56 bits per heavy atom. The van der Waals surface area contributed by atoms with E-state index in [1.807, 2.05) is 42.5 Å². The molecule has 0 saturated carbocycles. The van der Waals surface area contributed by atoms with Crippen LogP contribution in [0.25, 0.3) is 0 Å². The van der Waals surface area contributed by atoms with E-state index in [2.05, 4.69) is 36.3 Å². The molecule has 2 aromatic rings. The highest BCUT2D eigenvalue weighted by atomic mass is 14.9. The van der Waals surface area contributed by atoms with Crippen LogP contribution in [0.4, 0.5) is 17.1 Å². The third kappa shape index (κ3) is 3.45. The number of para-hydroxylation sites is 1. The van der Waals surface area contributed by atoms with Crippen molar-refractivity contribution < 1.29 is 0 Å². The molecule has 0 aliphatic heterocycles. The van der Waals surface area contributed by atoms with Crippen molar-refractivity contribution in [2.75, 3.05) is 5.32 Å². The Bertz CT molecular complexity index is 513. The maximum atomic E-state index is 4.51. The molecule has 0 saturated heterocycles. The van der Waals surface area contributed by atoms with Crippen molar-refractivity contribution in [3.05, 3.63) is 54.6 Å². The monoisotopic (exact) mass is 238 g/mol. The molecule has 0 spiro atoms. The van der Waals surface area contributed by atoms with E-state index >= 15 is 0 Å². The van der Waals surface area contributed by atoms with E-state index in [0.717, 1.165) is 29.2 Å². The van der Waals surface area contributed by atoms with Gasteiger partial charge in [-0.25, -0.2) is 0 Å². The molecule has 0 atom stereocenters. The second kappa shape index (κ2) is 6.01. The van der Waals surface area contributed by atoms with Crippen molar-refractivity contribution >= 4 is 22.8 Å². The van der Waals surface area contributed by atoms with Crippen LogP contribution in [-0.4, -0.2) is 5.71 Å². The van der Waals surface area contributed by atoms with Crippen LogP contribution >= 0.6 is 0 Å². The molecule has 0 fully saturated rings. The zero-order valence-electron chi connectivity index (χ0n) is 10.9. The topological polar surface area (TPSA) is 24.4 Å². The highest BCUT2D eigenvalue weighted by Gasteiger charge is 1.95. The van der Waals surface area contributed by atoms with E-state index in [0.29, 0.717) is 0 Å². The van der Waals surface area contributed by atoms with Gasteiger partial charge in [0.25, 0.3) is 0 Å². The molecule has 1 N–H and O–H groups in total. The molecule has 18 heavy (non-hydrogen) atoms. The summed E-state index contributed by atoms with van der Waals surface area (Å²) >= 11 is 0. The Balaban J connectivity index is 2.09. The number of hydrogen-bond donors (Lipinski definition) is 1. The van der Waals surface area contributed by atoms with Crippen molar-refractivity contribution in [3.63, 3.8) is 0 Å². The molecular weight excluding hydrogens is 220 g/mol. The Hall–Kier alpha value is -2.09. The minimum Gasteiger partial charge on any atom is -0.356 e. The molecular formula is C16H18N2. The maximum absolute atomic E-state index is 4.51. The van der Waals surface area contributed by atoms with Gasteiger partial charge in [0, 0.05) is 17.1 Å². The number of anilines is 2. The molecule has 0 aromatic heterocycles. The normalized spacial score (nSPS) is 11.3. The standard InChI is InChI=1S/C16H18N2/c1-3-13(2)17-15-9-11-16(12-10-15)18-14-7-5-4-6-8-14/h4-12,18H,3H2,1-2H3. The summed E-state index contributed by atoms with van der Waals surface area (Å²) < 4.78 is 0. The van der Waals surface area contributed by atoms with Gasteiger partial charge in [0.1, 0.15) is 0 Å². The van der Waals surface area contributed by atoms with Gasteiger partial charge in [-0.1, -0.05) is 25.1 Å². The lowest BCUT2D eigenvalue weighted by atomic mass is 10.2. The van der Waals surface area contributed by atoms with E-state index in [4.69, 9.17) is 0 Å². The van der Waals surface area contributed by atoms with Gasteiger partial charge in [-0.15, -0.1) is 0 Å². The molecule has 0 aliphatic rings. The molecule has 2 nitrogen and oxygen atoms in total. The average molecular weight is 238 g/mol. The van der Waals surface area contributed by atoms with Crippen molar-refractivity contribution in [1.82, 2.24) is 0 Å². The third-order valence-corrected chi connectivity index (χ3v) is 2.76. The number of nitrogens with one attached hydrogen (secondary N) is 1. The van der Waals surface area contributed by atoms with Crippen LogP contribution in [0.2, 0.25) is 0 Å². The van der Waals surface area contributed by atoms with Crippen molar-refractivity contribution in [3.8, 4) is 0 Å². The van der Waals surface area contributed by atoms with Crippen molar-refractivity contribution in [2.24, 2.45) is 4.99 Å². The number of nitrogens with zero attached hydrogens (tertiary/aromatic N) is 1. The van der Waals surface area contributed by atoms with Crippen LogP contribution < -0.4 is 5.32 Å². The summed E-state index contributed by atoms with van der Waals surface area (Å²) in [5, 5.41) is 3.35. The first kappa shape index (κ1) is 12.4. The molecule has 2 aromatic carbocycles. The lowest BCUT2D eigenvalue weighted by Crippen LogP contribution is -1.89. The van der Waals surface area contributed by atoms with Gasteiger partial charge in [-0.05, 0) is 49.7 Å². The molecule has 2 heteroatoms. The highest BCUT2D eigenvalue weighted by Crippen LogP contribution is 2.20. The highest BCUT2D eigenvalue weighted by molar-refractivity contribution is 5.84. The van der Waals surface area contributed by atoms with Crippen molar-refractivity contribution in [1.29, 1.82) is 0 Å². The minimum absolute atomic E-state index is 0.990. The van der Waals surface area contributed by atoms with E-state index in [1.165, 1.54) is 0 Å². The number of rotatable bonds is 4. The Kier molecular flexibility index (Phi) is 4.13. The lowest BCUT2D eigenvalue weighted by Gasteiger charge is -2.06. The summed E-state index contributed by atoms with van der Waals surface area (Å²) in [4.78, 5) is 4.51. The van der Waals surface area contributed by atoms with Gasteiger partial charge in [0.2, 0.25) is 0 Å². The Labute approximate surface area is 108 Å². The number of hydrogen-bond acceptors (Lipinski definition) is 2. The summed E-state index contributed by atoms with van der Waals surface area (Å²) in [6.07, 6.45) is 0.990. The SMILES string of the molecule is CCC(C)=Nc1ccc(Nc2ccccc2)cc1. The van der Waals surface area contributed by atoms with Crippen LogP contribution in [0, 0.1) is 0 Å². The van der Waals surface area contributed by atoms with E-state index in [9.17, 15) is 0 Å². The second-order valence-corrected chi connectivity index (χ2v) is 4.24. The fourth-order valence-corrected chi connectivity index (χ4v) is 1.61. The first-order valence-corrected chi connectivity index (χ1v) is 6.24. The lowest BCUT2D eigenvalue weighted by molar-refractivity contribution is 1.25. The van der Waals surface area contributed by atoms with E-state index in [-0.39, 0.29) is 0 Å². The summed E-state index contributed by atoms with van der Waals surface area (Å²) in [6.45, 7) is 4.17. The van der Waals surface area contributed by atoms with Crippen LogP contribution in [0.1, 0.15) is 20.3 Å². The first-order valence-electron chi connectivity index (χ1n) is 6.24. The van der Waals surface area contributed by atoms with Crippen LogP contribution in [-0.2, 0) is 0 Å². The molecule has 0 bridgehead atoms. The Morgan fingerprint density at radius 1 is 0.944 bits per heavy atom. The summed E-state index contributed by atoms with van der Waals surface area (Å²) in [6, 6.07) is 18.3. The summed E-state index contributed by atoms with van der Waals surface area (Å²) in [5.41, 5.74) is 4.33. The third-order valence-electron chi connectivity index (χ3n) is 2.76. The molecule has 0 heterocycles. The quantitative estimate of drug-likeness (QED) is 0.750. The predicted octanol–water partition coefficient (Wildman–Crippen LogP) is 4.93. The van der Waals surface area contributed by atoms with Gasteiger partial charge >= 0.3 is 0 Å². The zero-order chi connectivity index (χ0) is 12.8. The average Bonchev–Trinajstić information content (AvgIpc) is 2.42. The number of benzene rings is 2. The Morgan fingerprint density at radius 3 is 2.17 bits per heavy atom. The van der Waals surface area contributed by atoms with Crippen molar-refractivity contribution in [2.45, 2.75) is 20.3 Å². The fraction of sp³-hybridized carbons (Fsp3) is 0.188. The minimum atomic E-state index is 0.990. The number of aliphatic imine (C=N–C) groups is 1. The molecule has 92 valence electrons. The predicted molar refractivity (Wildman–Crippen MR) is 79.2 cm³/mol. The van der Waals surface area contributed by atoms with Gasteiger partial charge < -0.3 is 5.32 Å². The van der Waals surface area contributed by atoms with E-state index < -0.39 is 0 Å². The van der Waals surface area contributed by atoms with E-state index in [1.54, 1.807) is 0 Å². The molecule has 0 unspecified atom stereocenters. The molecule has 2 rings (SSSR count). The van der Waals surface area contributed by atoms with Gasteiger partial charge in [0.15, 0.2) is 0 Å².